The van der Waals surface area contributed by atoms with Crippen molar-refractivity contribution in [1.29, 1.82) is 0 Å². The smallest absolute Gasteiger partial charge is 0.338 e. The Labute approximate surface area is 169 Å². The Morgan fingerprint density at radius 3 is 2.45 bits per heavy atom. The summed E-state index contributed by atoms with van der Waals surface area (Å²) in [5.74, 6) is -1.97. The number of carbonyl (C=O) groups excluding carboxylic acids is 1. The topological polar surface area (TPSA) is 82.1 Å². The molecule has 0 aliphatic rings. The molecule has 29 heavy (non-hydrogen) atoms. The van der Waals surface area contributed by atoms with Crippen molar-refractivity contribution >= 4 is 11.9 Å². The highest BCUT2D eigenvalue weighted by molar-refractivity contribution is 5.94. The van der Waals surface area contributed by atoms with Gasteiger partial charge < -0.3 is 19.3 Å². The van der Waals surface area contributed by atoms with Crippen LogP contribution < -0.4 is 4.74 Å². The number of carboxylic acids is 1. The summed E-state index contributed by atoms with van der Waals surface area (Å²) in [6.45, 7) is 4.45. The Morgan fingerprint density at radius 2 is 1.83 bits per heavy atom. The van der Waals surface area contributed by atoms with E-state index in [9.17, 15) is 19.1 Å². The number of aryl methyl sites for hydroxylation is 1. The van der Waals surface area contributed by atoms with Crippen molar-refractivity contribution in [2.24, 2.45) is 0 Å². The fraction of sp³-hybridized carbons (Fsp3) is 0.364. The number of hydrogen-bond acceptors (Lipinski definition) is 5. The van der Waals surface area contributed by atoms with Gasteiger partial charge in [0.05, 0.1) is 24.3 Å². The van der Waals surface area contributed by atoms with E-state index in [0.717, 1.165) is 0 Å². The van der Waals surface area contributed by atoms with Gasteiger partial charge in [0.1, 0.15) is 11.6 Å². The van der Waals surface area contributed by atoms with Crippen LogP contribution >= 0.6 is 0 Å². The number of methoxy groups -OCH3 is 1. The van der Waals surface area contributed by atoms with Crippen LogP contribution in [0.4, 0.5) is 4.39 Å². The number of benzene rings is 2. The molecule has 0 atom stereocenters. The molecule has 2 aromatic rings. The molecule has 0 heterocycles. The predicted molar refractivity (Wildman–Crippen MR) is 106 cm³/mol. The Kier molecular flexibility index (Phi) is 8.15. The molecule has 0 amide bonds. The van der Waals surface area contributed by atoms with Gasteiger partial charge in [0.2, 0.25) is 0 Å². The van der Waals surface area contributed by atoms with Crippen LogP contribution in [0.2, 0.25) is 0 Å². The lowest BCUT2D eigenvalue weighted by atomic mass is 9.95. The maximum Gasteiger partial charge on any atom is 0.338 e. The van der Waals surface area contributed by atoms with Crippen LogP contribution in [0.3, 0.4) is 0 Å². The van der Waals surface area contributed by atoms with Gasteiger partial charge in [-0.15, -0.1) is 0 Å². The third-order valence-corrected chi connectivity index (χ3v) is 4.33. The number of esters is 1. The molecule has 2 rings (SSSR count). The minimum absolute atomic E-state index is 0.0972. The molecule has 1 N–H and O–H groups in total. The molecule has 7 heteroatoms. The van der Waals surface area contributed by atoms with Gasteiger partial charge >= 0.3 is 11.9 Å². The number of carboxylic acid groups (broad SMARTS) is 1. The number of halogens is 1. The van der Waals surface area contributed by atoms with Crippen LogP contribution in [0, 0.1) is 5.82 Å². The average Bonchev–Trinajstić information content (AvgIpc) is 2.71. The number of carbonyl (C=O) groups is 2. The molecule has 0 fully saturated rings. The molecule has 0 aliphatic carbocycles. The number of aromatic carboxylic acids is 1. The Hall–Kier alpha value is -2.93. The monoisotopic (exact) mass is 404 g/mol. The van der Waals surface area contributed by atoms with Gasteiger partial charge in [0, 0.05) is 31.3 Å². The van der Waals surface area contributed by atoms with Crippen LogP contribution in [0.5, 0.6) is 5.75 Å². The minimum Gasteiger partial charge on any atom is -0.493 e. The zero-order chi connectivity index (χ0) is 21.4. The van der Waals surface area contributed by atoms with E-state index in [1.54, 1.807) is 20.1 Å². The highest BCUT2D eigenvalue weighted by atomic mass is 19.1. The van der Waals surface area contributed by atoms with Crippen molar-refractivity contribution in [3.8, 4) is 16.9 Å². The first-order chi connectivity index (χ1) is 13.9. The quantitative estimate of drug-likeness (QED) is 0.468. The molecule has 0 saturated carbocycles. The van der Waals surface area contributed by atoms with Crippen molar-refractivity contribution in [3.05, 3.63) is 52.8 Å². The second kappa shape index (κ2) is 10.6. The summed E-state index contributed by atoms with van der Waals surface area (Å²) in [6.07, 6.45) is 1.02. The lowest BCUT2D eigenvalue weighted by molar-refractivity contribution is 0.0525. The first kappa shape index (κ1) is 22.4. The van der Waals surface area contributed by atoms with Crippen molar-refractivity contribution in [3.63, 3.8) is 0 Å². The SMILES string of the molecule is CCOC(=O)c1ccc(F)c(-c2cc(CC)c(C(=O)O)cc2OCCCOC)c1. The van der Waals surface area contributed by atoms with Crippen LogP contribution in [-0.2, 0) is 15.9 Å². The summed E-state index contributed by atoms with van der Waals surface area (Å²) in [6, 6.07) is 6.93. The Bertz CT molecular complexity index is 878. The average molecular weight is 404 g/mol. The lowest BCUT2D eigenvalue weighted by Crippen LogP contribution is -2.08. The van der Waals surface area contributed by atoms with Crippen LogP contribution in [0.15, 0.2) is 30.3 Å². The summed E-state index contributed by atoms with van der Waals surface area (Å²) in [4.78, 5) is 23.7. The van der Waals surface area contributed by atoms with Gasteiger partial charge in [-0.25, -0.2) is 14.0 Å². The Morgan fingerprint density at radius 1 is 1.07 bits per heavy atom. The molecule has 2 aromatic carbocycles. The molecule has 156 valence electrons. The normalized spacial score (nSPS) is 10.6. The van der Waals surface area contributed by atoms with Gasteiger partial charge in [0.15, 0.2) is 0 Å². The summed E-state index contributed by atoms with van der Waals surface area (Å²) in [5.41, 5.74) is 1.36. The van der Waals surface area contributed by atoms with E-state index in [2.05, 4.69) is 0 Å². The van der Waals surface area contributed by atoms with Gasteiger partial charge in [-0.3, -0.25) is 0 Å². The van der Waals surface area contributed by atoms with E-state index < -0.39 is 17.8 Å². The van der Waals surface area contributed by atoms with E-state index >= 15 is 0 Å². The zero-order valence-corrected chi connectivity index (χ0v) is 16.8. The molecular formula is C22H25FO6. The number of ether oxygens (including phenoxy) is 3. The van der Waals surface area contributed by atoms with Crippen molar-refractivity contribution < 1.29 is 33.3 Å². The van der Waals surface area contributed by atoms with E-state index in [0.29, 0.717) is 30.6 Å². The molecule has 0 aliphatic heterocycles. The lowest BCUT2D eigenvalue weighted by Gasteiger charge is -2.16. The summed E-state index contributed by atoms with van der Waals surface area (Å²) < 4.78 is 30.4. The van der Waals surface area contributed by atoms with E-state index in [-0.39, 0.29) is 35.7 Å². The molecule has 0 saturated heterocycles. The second-order valence-corrected chi connectivity index (χ2v) is 6.27. The summed E-state index contributed by atoms with van der Waals surface area (Å²) in [7, 11) is 1.57. The fourth-order valence-corrected chi connectivity index (χ4v) is 2.90. The molecule has 0 spiro atoms. The van der Waals surface area contributed by atoms with E-state index in [1.807, 2.05) is 6.92 Å². The third-order valence-electron chi connectivity index (χ3n) is 4.33. The third kappa shape index (κ3) is 5.54. The zero-order valence-electron chi connectivity index (χ0n) is 16.8. The Balaban J connectivity index is 2.58. The molecule has 0 bridgehead atoms. The molecule has 0 radical (unpaired) electrons. The van der Waals surface area contributed by atoms with Gasteiger partial charge in [-0.2, -0.15) is 0 Å². The van der Waals surface area contributed by atoms with Gasteiger partial charge in [-0.05, 0) is 49.2 Å². The predicted octanol–water partition coefficient (Wildman–Crippen LogP) is 4.35. The molecule has 0 unspecified atom stereocenters. The molecule has 0 aromatic heterocycles. The van der Waals surface area contributed by atoms with Crippen molar-refractivity contribution in [2.75, 3.05) is 26.9 Å². The maximum atomic E-state index is 14.7. The second-order valence-electron chi connectivity index (χ2n) is 6.27. The van der Waals surface area contributed by atoms with Crippen LogP contribution in [-0.4, -0.2) is 44.0 Å². The van der Waals surface area contributed by atoms with Gasteiger partial charge in [-0.1, -0.05) is 6.92 Å². The minimum atomic E-state index is -1.09. The molecular weight excluding hydrogens is 379 g/mol. The van der Waals surface area contributed by atoms with Crippen LogP contribution in [0.25, 0.3) is 11.1 Å². The van der Waals surface area contributed by atoms with E-state index in [4.69, 9.17) is 14.2 Å². The first-order valence-electron chi connectivity index (χ1n) is 9.41. The highest BCUT2D eigenvalue weighted by Crippen LogP contribution is 2.36. The number of rotatable bonds is 10. The van der Waals surface area contributed by atoms with E-state index in [1.165, 1.54) is 24.3 Å². The molecule has 6 nitrogen and oxygen atoms in total. The van der Waals surface area contributed by atoms with Gasteiger partial charge in [0.25, 0.3) is 0 Å². The largest absolute Gasteiger partial charge is 0.493 e. The maximum absolute atomic E-state index is 14.7. The number of hydrogen-bond donors (Lipinski definition) is 1. The summed E-state index contributed by atoms with van der Waals surface area (Å²) >= 11 is 0. The standard InChI is InChI=1S/C22H25FO6/c1-4-14-11-18(17-12-15(7-8-19(17)23)22(26)28-5-2)20(13-16(14)21(24)25)29-10-6-9-27-3/h7-8,11-13H,4-6,9-10H2,1-3H3,(H,24,25). The highest BCUT2D eigenvalue weighted by Gasteiger charge is 2.20. The summed E-state index contributed by atoms with van der Waals surface area (Å²) in [5, 5.41) is 9.51. The van der Waals surface area contributed by atoms with Crippen LogP contribution in [0.1, 0.15) is 46.5 Å². The van der Waals surface area contributed by atoms with Crippen molar-refractivity contribution in [1.82, 2.24) is 0 Å². The first-order valence-corrected chi connectivity index (χ1v) is 9.41. The van der Waals surface area contributed by atoms with Crippen molar-refractivity contribution in [2.45, 2.75) is 26.7 Å². The fourth-order valence-electron chi connectivity index (χ4n) is 2.90.